The number of hydrogen-bond acceptors (Lipinski definition) is 5. The van der Waals surface area contributed by atoms with Crippen LogP contribution in [-0.2, 0) is 22.9 Å². The zero-order valence-electron chi connectivity index (χ0n) is 15.7. The summed E-state index contributed by atoms with van der Waals surface area (Å²) < 4.78 is 28.0. The molecule has 2 aromatic carbocycles. The van der Waals surface area contributed by atoms with Crippen LogP contribution in [0.1, 0.15) is 17.8 Å². The minimum absolute atomic E-state index is 0.249. The first-order chi connectivity index (χ1) is 13.5. The maximum Gasteiger partial charge on any atom is 0.240 e. The van der Waals surface area contributed by atoms with Crippen molar-refractivity contribution in [2.45, 2.75) is 24.2 Å². The highest BCUT2D eigenvalue weighted by atomic mass is 32.2. The molecule has 2 heterocycles. The first-order valence-electron chi connectivity index (χ1n) is 9.33. The summed E-state index contributed by atoms with van der Waals surface area (Å²) in [6.45, 7) is 1.19. The standard InChI is InChI=1S/C20H23N5O2S/c1-25-13-5-8-15-9-10-17(14-18(15)25)28(26,27)21-12-11-19-22-20(24-23-19)16-6-3-2-4-7-16/h2-4,6-7,9-10,14,21H,5,8,11-13H2,1H3,(H,22,23,24). The Morgan fingerprint density at radius 1 is 1.18 bits per heavy atom. The van der Waals surface area contributed by atoms with E-state index in [9.17, 15) is 8.42 Å². The SMILES string of the molecule is CN1CCCc2ccc(S(=O)(=O)NCCc3nc(-c4ccccc4)n[nH]3)cc21. The smallest absolute Gasteiger partial charge is 0.240 e. The molecule has 0 bridgehead atoms. The summed E-state index contributed by atoms with van der Waals surface area (Å²) in [5, 5.41) is 7.07. The zero-order chi connectivity index (χ0) is 19.6. The molecular weight excluding hydrogens is 374 g/mol. The van der Waals surface area contributed by atoms with Crippen molar-refractivity contribution >= 4 is 15.7 Å². The Kier molecular flexibility index (Phi) is 5.15. The Morgan fingerprint density at radius 2 is 2.00 bits per heavy atom. The number of hydrogen-bond donors (Lipinski definition) is 2. The number of aryl methyl sites for hydroxylation is 1. The average molecular weight is 398 g/mol. The Hall–Kier alpha value is -2.71. The molecule has 0 unspecified atom stereocenters. The van der Waals surface area contributed by atoms with Crippen LogP contribution in [0.15, 0.2) is 53.4 Å². The molecule has 1 aromatic heterocycles. The van der Waals surface area contributed by atoms with Crippen LogP contribution in [0.25, 0.3) is 11.4 Å². The van der Waals surface area contributed by atoms with E-state index in [1.54, 1.807) is 12.1 Å². The van der Waals surface area contributed by atoms with Gasteiger partial charge in [-0.3, -0.25) is 5.10 Å². The molecule has 0 atom stereocenters. The second-order valence-corrected chi connectivity index (χ2v) is 8.70. The van der Waals surface area contributed by atoms with Gasteiger partial charge in [-0.25, -0.2) is 18.1 Å². The molecule has 0 amide bonds. The Labute approximate surface area is 164 Å². The van der Waals surface area contributed by atoms with Crippen molar-refractivity contribution in [3.8, 4) is 11.4 Å². The lowest BCUT2D eigenvalue weighted by atomic mass is 10.0. The summed E-state index contributed by atoms with van der Waals surface area (Å²) in [5.74, 6) is 1.25. The van der Waals surface area contributed by atoms with Crippen LogP contribution in [0.4, 0.5) is 5.69 Å². The topological polar surface area (TPSA) is 91.0 Å². The maximum atomic E-state index is 12.7. The van der Waals surface area contributed by atoms with Crippen LogP contribution in [0, 0.1) is 0 Å². The predicted octanol–water partition coefficient (Wildman–Crippen LogP) is 2.38. The van der Waals surface area contributed by atoms with E-state index in [1.165, 1.54) is 5.56 Å². The summed E-state index contributed by atoms with van der Waals surface area (Å²) in [4.78, 5) is 6.83. The van der Waals surface area contributed by atoms with Gasteiger partial charge in [-0.05, 0) is 30.5 Å². The number of benzene rings is 2. The Balaban J connectivity index is 1.41. The number of nitrogens with zero attached hydrogens (tertiary/aromatic N) is 3. The number of sulfonamides is 1. The van der Waals surface area contributed by atoms with Crippen LogP contribution >= 0.6 is 0 Å². The number of rotatable bonds is 6. The average Bonchev–Trinajstić information content (AvgIpc) is 3.17. The molecule has 0 saturated carbocycles. The third kappa shape index (κ3) is 3.93. The quantitative estimate of drug-likeness (QED) is 0.666. The molecule has 0 fully saturated rings. The van der Waals surface area contributed by atoms with Crippen molar-refractivity contribution in [2.24, 2.45) is 0 Å². The van der Waals surface area contributed by atoms with E-state index < -0.39 is 10.0 Å². The Bertz CT molecular complexity index is 1060. The minimum atomic E-state index is -3.57. The normalized spacial score (nSPS) is 14.1. The van der Waals surface area contributed by atoms with Gasteiger partial charge in [0, 0.05) is 37.8 Å². The highest BCUT2D eigenvalue weighted by molar-refractivity contribution is 7.89. The predicted molar refractivity (Wildman–Crippen MR) is 109 cm³/mol. The van der Waals surface area contributed by atoms with Crippen LogP contribution in [0.5, 0.6) is 0 Å². The van der Waals surface area contributed by atoms with Crippen LogP contribution < -0.4 is 9.62 Å². The van der Waals surface area contributed by atoms with Crippen LogP contribution in [-0.4, -0.2) is 43.7 Å². The molecule has 0 aliphatic carbocycles. The molecule has 2 N–H and O–H groups in total. The van der Waals surface area contributed by atoms with E-state index in [-0.39, 0.29) is 6.54 Å². The lowest BCUT2D eigenvalue weighted by Gasteiger charge is -2.27. The van der Waals surface area contributed by atoms with Gasteiger partial charge >= 0.3 is 0 Å². The molecule has 4 rings (SSSR count). The molecule has 0 spiro atoms. The highest BCUT2D eigenvalue weighted by Gasteiger charge is 2.19. The third-order valence-corrected chi connectivity index (χ3v) is 6.39. The minimum Gasteiger partial charge on any atom is -0.374 e. The molecule has 28 heavy (non-hydrogen) atoms. The molecule has 0 radical (unpaired) electrons. The highest BCUT2D eigenvalue weighted by Crippen LogP contribution is 2.28. The lowest BCUT2D eigenvalue weighted by molar-refractivity contribution is 0.580. The van der Waals surface area contributed by atoms with Gasteiger partial charge < -0.3 is 4.90 Å². The number of nitrogens with one attached hydrogen (secondary N) is 2. The fourth-order valence-electron chi connectivity index (χ4n) is 3.42. The lowest BCUT2D eigenvalue weighted by Crippen LogP contribution is -2.28. The molecule has 1 aliphatic rings. The number of fused-ring (bicyclic) bond motifs is 1. The monoisotopic (exact) mass is 397 g/mol. The van der Waals surface area contributed by atoms with Gasteiger partial charge in [0.05, 0.1) is 4.90 Å². The number of aromatic amines is 1. The summed E-state index contributed by atoms with van der Waals surface area (Å²) in [5.41, 5.74) is 3.11. The second kappa shape index (κ2) is 7.73. The fraction of sp³-hybridized carbons (Fsp3) is 0.300. The molecule has 3 aromatic rings. The van der Waals surface area contributed by atoms with Crippen LogP contribution in [0.3, 0.4) is 0 Å². The van der Waals surface area contributed by atoms with Crippen molar-refractivity contribution in [3.05, 3.63) is 59.9 Å². The maximum absolute atomic E-state index is 12.7. The van der Waals surface area contributed by atoms with Gasteiger partial charge in [-0.15, -0.1) is 0 Å². The van der Waals surface area contributed by atoms with Crippen LogP contribution in [0.2, 0.25) is 0 Å². The molecular formula is C20H23N5O2S. The first-order valence-corrected chi connectivity index (χ1v) is 10.8. The van der Waals surface area contributed by atoms with E-state index in [2.05, 4.69) is 24.8 Å². The summed E-state index contributed by atoms with van der Waals surface area (Å²) in [7, 11) is -1.58. The number of anilines is 1. The van der Waals surface area contributed by atoms with Gasteiger partial charge in [0.25, 0.3) is 0 Å². The summed E-state index contributed by atoms with van der Waals surface area (Å²) >= 11 is 0. The van der Waals surface area contributed by atoms with E-state index in [1.807, 2.05) is 43.4 Å². The summed E-state index contributed by atoms with van der Waals surface area (Å²) in [6.07, 6.45) is 2.52. The second-order valence-electron chi connectivity index (χ2n) is 6.94. The largest absolute Gasteiger partial charge is 0.374 e. The van der Waals surface area contributed by atoms with Crippen molar-refractivity contribution in [3.63, 3.8) is 0 Å². The van der Waals surface area contributed by atoms with E-state index in [0.717, 1.165) is 30.6 Å². The first kappa shape index (κ1) is 18.6. The Morgan fingerprint density at radius 3 is 2.82 bits per heavy atom. The van der Waals surface area contributed by atoms with E-state index in [4.69, 9.17) is 0 Å². The van der Waals surface area contributed by atoms with Crippen molar-refractivity contribution in [1.29, 1.82) is 0 Å². The van der Waals surface area contributed by atoms with E-state index >= 15 is 0 Å². The zero-order valence-corrected chi connectivity index (χ0v) is 16.5. The molecule has 8 heteroatoms. The van der Waals surface area contributed by atoms with Crippen molar-refractivity contribution < 1.29 is 8.42 Å². The fourth-order valence-corrected chi connectivity index (χ4v) is 4.47. The van der Waals surface area contributed by atoms with Gasteiger partial charge in [0.2, 0.25) is 10.0 Å². The molecule has 146 valence electrons. The van der Waals surface area contributed by atoms with Gasteiger partial charge in [-0.1, -0.05) is 36.4 Å². The van der Waals surface area contributed by atoms with Crippen molar-refractivity contribution in [2.75, 3.05) is 25.0 Å². The third-order valence-electron chi connectivity index (χ3n) is 4.94. The molecule has 7 nitrogen and oxygen atoms in total. The van der Waals surface area contributed by atoms with Crippen molar-refractivity contribution in [1.82, 2.24) is 19.9 Å². The van der Waals surface area contributed by atoms with Gasteiger partial charge in [0.1, 0.15) is 5.82 Å². The number of aromatic nitrogens is 3. The molecule has 0 saturated heterocycles. The van der Waals surface area contributed by atoms with E-state index in [0.29, 0.717) is 23.0 Å². The van der Waals surface area contributed by atoms with Gasteiger partial charge in [0.15, 0.2) is 5.82 Å². The number of H-pyrrole nitrogens is 1. The van der Waals surface area contributed by atoms with Gasteiger partial charge in [-0.2, -0.15) is 5.10 Å². The summed E-state index contributed by atoms with van der Waals surface area (Å²) in [6, 6.07) is 15.0. The molecule has 1 aliphatic heterocycles.